The lowest BCUT2D eigenvalue weighted by molar-refractivity contribution is 0.265. The maximum Gasteiger partial charge on any atom is 0.0555 e. The van der Waals surface area contributed by atoms with Gasteiger partial charge in [-0.15, -0.1) is 11.3 Å². The molecule has 0 unspecified atom stereocenters. The number of anilines is 3. The Labute approximate surface area is 332 Å². The Balaban J connectivity index is 1.07. The molecule has 2 spiro atoms. The third-order valence-corrected chi connectivity index (χ3v) is 14.6. The van der Waals surface area contributed by atoms with E-state index in [0.717, 1.165) is 25.7 Å². The number of fused-ring (bicyclic) bond motifs is 13. The van der Waals surface area contributed by atoms with Gasteiger partial charge in [0.25, 0.3) is 0 Å². The minimum Gasteiger partial charge on any atom is -0.309 e. The topological polar surface area (TPSA) is 3.24 Å². The van der Waals surface area contributed by atoms with Crippen molar-refractivity contribution in [2.75, 3.05) is 4.90 Å². The van der Waals surface area contributed by atoms with Crippen LogP contribution in [0.5, 0.6) is 0 Å². The van der Waals surface area contributed by atoms with E-state index in [1.54, 1.807) is 0 Å². The maximum absolute atomic E-state index is 2.58. The van der Waals surface area contributed by atoms with Crippen LogP contribution in [0.2, 0.25) is 0 Å². The maximum atomic E-state index is 2.58. The van der Waals surface area contributed by atoms with Crippen LogP contribution in [0.3, 0.4) is 0 Å². The zero-order chi connectivity index (χ0) is 36.8. The molecule has 9 aromatic rings. The molecule has 1 aromatic heterocycles. The van der Waals surface area contributed by atoms with Crippen molar-refractivity contribution < 1.29 is 0 Å². The molecule has 2 heteroatoms. The number of rotatable bonds is 4. The Kier molecular flexibility index (Phi) is 6.95. The standard InChI is InChI=1S/C54H39NS/c1-2-15-36(16-3-1)38-17-7-12-25-48(38)55(49-26-14-28-51-52(49)43-21-8-13-27-50(43)56-51)37-29-30-42-41-20-6-11-24-46(41)54(47(42)35-37)33-31-53(32-34-54)44-22-9-4-18-39(44)40-19-5-10-23-45(40)53/h1-30,35H,31-34H2. The van der Waals surface area contributed by atoms with E-state index in [1.165, 1.54) is 92.9 Å². The van der Waals surface area contributed by atoms with Crippen molar-refractivity contribution in [1.29, 1.82) is 0 Å². The van der Waals surface area contributed by atoms with Gasteiger partial charge >= 0.3 is 0 Å². The van der Waals surface area contributed by atoms with Gasteiger partial charge in [-0.3, -0.25) is 0 Å². The quantitative estimate of drug-likeness (QED) is 0.174. The molecule has 0 amide bonds. The highest BCUT2D eigenvalue weighted by molar-refractivity contribution is 7.26. The molecule has 0 saturated heterocycles. The molecular formula is C54H39NS. The Bertz CT molecular complexity index is 2950. The lowest BCUT2D eigenvalue weighted by Gasteiger charge is -2.45. The van der Waals surface area contributed by atoms with E-state index < -0.39 is 0 Å². The lowest BCUT2D eigenvalue weighted by atomic mass is 9.57. The average molecular weight is 734 g/mol. The van der Waals surface area contributed by atoms with Gasteiger partial charge in [0.1, 0.15) is 0 Å². The van der Waals surface area contributed by atoms with Crippen LogP contribution in [0.25, 0.3) is 53.6 Å². The van der Waals surface area contributed by atoms with E-state index >= 15 is 0 Å². The molecule has 1 fully saturated rings. The highest BCUT2D eigenvalue weighted by atomic mass is 32.1. The second-order valence-corrected chi connectivity index (χ2v) is 17.1. The summed E-state index contributed by atoms with van der Waals surface area (Å²) in [4.78, 5) is 2.56. The fourth-order valence-corrected chi connectivity index (χ4v) is 12.2. The molecule has 1 heterocycles. The number of hydrogen-bond donors (Lipinski definition) is 0. The molecule has 0 radical (unpaired) electrons. The van der Waals surface area contributed by atoms with Gasteiger partial charge < -0.3 is 4.90 Å². The zero-order valence-electron chi connectivity index (χ0n) is 31.1. The molecule has 8 aromatic carbocycles. The predicted molar refractivity (Wildman–Crippen MR) is 237 cm³/mol. The molecule has 3 aliphatic rings. The number of hydrogen-bond acceptors (Lipinski definition) is 2. The van der Waals surface area contributed by atoms with Crippen molar-refractivity contribution in [1.82, 2.24) is 0 Å². The van der Waals surface area contributed by atoms with Gasteiger partial charge in [0, 0.05) is 42.3 Å². The van der Waals surface area contributed by atoms with Crippen molar-refractivity contribution in [2.24, 2.45) is 0 Å². The third-order valence-electron chi connectivity index (χ3n) is 13.5. The zero-order valence-corrected chi connectivity index (χ0v) is 31.9. The van der Waals surface area contributed by atoms with Crippen molar-refractivity contribution in [3.05, 3.63) is 210 Å². The fraction of sp³-hybridized carbons (Fsp3) is 0.111. The van der Waals surface area contributed by atoms with Crippen LogP contribution in [-0.4, -0.2) is 0 Å². The molecule has 1 nitrogen and oxygen atoms in total. The van der Waals surface area contributed by atoms with Crippen LogP contribution < -0.4 is 4.90 Å². The Morgan fingerprint density at radius 1 is 0.375 bits per heavy atom. The SMILES string of the molecule is c1ccc(-c2ccccc2N(c2ccc3c(c2)C2(CCC4(CC2)c2ccccc2-c2ccccc24)c2ccccc2-3)c2cccc3sc4ccccc4c23)cc1. The van der Waals surface area contributed by atoms with E-state index in [1.807, 2.05) is 11.3 Å². The highest BCUT2D eigenvalue weighted by Gasteiger charge is 2.53. The molecule has 1 saturated carbocycles. The first-order valence-electron chi connectivity index (χ1n) is 20.0. The van der Waals surface area contributed by atoms with Gasteiger partial charge in [-0.2, -0.15) is 0 Å². The Morgan fingerprint density at radius 3 is 1.55 bits per heavy atom. The largest absolute Gasteiger partial charge is 0.309 e. The Morgan fingerprint density at radius 2 is 0.875 bits per heavy atom. The smallest absolute Gasteiger partial charge is 0.0555 e. The van der Waals surface area contributed by atoms with Gasteiger partial charge in [0.05, 0.1) is 11.4 Å². The summed E-state index contributed by atoms with van der Waals surface area (Å²) >= 11 is 1.89. The lowest BCUT2D eigenvalue weighted by Crippen LogP contribution is -2.39. The minimum atomic E-state index is -0.0641. The van der Waals surface area contributed by atoms with Crippen molar-refractivity contribution >= 4 is 48.6 Å². The van der Waals surface area contributed by atoms with Crippen molar-refractivity contribution in [2.45, 2.75) is 36.5 Å². The summed E-state index contributed by atoms with van der Waals surface area (Å²) in [5, 5.41) is 2.62. The number of thiophene rings is 1. The summed E-state index contributed by atoms with van der Waals surface area (Å²) in [6, 6.07) is 70.8. The summed E-state index contributed by atoms with van der Waals surface area (Å²) in [6.07, 6.45) is 4.46. The van der Waals surface area contributed by atoms with Gasteiger partial charge in [-0.05, 0) is 112 Å². The predicted octanol–water partition coefficient (Wildman–Crippen LogP) is 15.0. The fourth-order valence-electron chi connectivity index (χ4n) is 11.1. The van der Waals surface area contributed by atoms with Crippen LogP contribution >= 0.6 is 11.3 Å². The second kappa shape index (κ2) is 12.1. The minimum absolute atomic E-state index is 0.0457. The summed E-state index contributed by atoms with van der Waals surface area (Å²) in [6.45, 7) is 0. The van der Waals surface area contributed by atoms with Crippen LogP contribution in [-0.2, 0) is 10.8 Å². The first kappa shape index (κ1) is 32.1. The van der Waals surface area contributed by atoms with Crippen LogP contribution in [0.1, 0.15) is 47.9 Å². The monoisotopic (exact) mass is 733 g/mol. The summed E-state index contributed by atoms with van der Waals surface area (Å²) < 4.78 is 2.63. The van der Waals surface area contributed by atoms with Crippen LogP contribution in [0, 0.1) is 0 Å². The molecule has 3 aliphatic carbocycles. The molecule has 266 valence electrons. The van der Waals surface area contributed by atoms with E-state index in [4.69, 9.17) is 0 Å². The van der Waals surface area contributed by atoms with Gasteiger partial charge in [0.15, 0.2) is 0 Å². The van der Waals surface area contributed by atoms with E-state index in [0.29, 0.717) is 0 Å². The summed E-state index contributed by atoms with van der Waals surface area (Å²) in [5.74, 6) is 0. The van der Waals surface area contributed by atoms with Crippen molar-refractivity contribution in [3.63, 3.8) is 0 Å². The third kappa shape index (κ3) is 4.42. The first-order chi connectivity index (χ1) is 27.7. The second-order valence-electron chi connectivity index (χ2n) is 16.0. The number of para-hydroxylation sites is 1. The van der Waals surface area contributed by atoms with Gasteiger partial charge in [0.2, 0.25) is 0 Å². The van der Waals surface area contributed by atoms with E-state index in [2.05, 4.69) is 193 Å². The molecule has 56 heavy (non-hydrogen) atoms. The van der Waals surface area contributed by atoms with E-state index in [-0.39, 0.29) is 10.8 Å². The highest BCUT2D eigenvalue weighted by Crippen LogP contribution is 2.64. The molecule has 0 bridgehead atoms. The Hall–Kier alpha value is -6.22. The van der Waals surface area contributed by atoms with Crippen LogP contribution in [0.15, 0.2) is 188 Å². The van der Waals surface area contributed by atoms with Gasteiger partial charge in [-0.1, -0.05) is 152 Å². The molecule has 0 N–H and O–H groups in total. The molecular weight excluding hydrogens is 695 g/mol. The first-order valence-corrected chi connectivity index (χ1v) is 20.8. The molecule has 12 rings (SSSR count). The average Bonchev–Trinajstić information content (AvgIpc) is 3.88. The van der Waals surface area contributed by atoms with E-state index in [9.17, 15) is 0 Å². The summed E-state index contributed by atoms with van der Waals surface area (Å²) in [5.41, 5.74) is 17.7. The van der Waals surface area contributed by atoms with Crippen LogP contribution in [0.4, 0.5) is 17.1 Å². The number of benzene rings is 8. The van der Waals surface area contributed by atoms with Gasteiger partial charge in [-0.25, -0.2) is 0 Å². The normalized spacial score (nSPS) is 15.5. The van der Waals surface area contributed by atoms with Crippen molar-refractivity contribution in [3.8, 4) is 33.4 Å². The molecule has 0 atom stereocenters. The number of nitrogens with zero attached hydrogens (tertiary/aromatic N) is 1. The summed E-state index contributed by atoms with van der Waals surface area (Å²) in [7, 11) is 0. The molecule has 0 aliphatic heterocycles.